The van der Waals surface area contributed by atoms with Crippen LogP contribution in [0.1, 0.15) is 12.0 Å². The molecule has 0 aromatic heterocycles. The maximum Gasteiger partial charge on any atom is 0.307 e. The highest BCUT2D eigenvalue weighted by Gasteiger charge is 2.36. The van der Waals surface area contributed by atoms with E-state index in [1.165, 1.54) is 13.0 Å². The van der Waals surface area contributed by atoms with Gasteiger partial charge >= 0.3 is 5.97 Å². The van der Waals surface area contributed by atoms with Crippen molar-refractivity contribution in [3.05, 3.63) is 28.0 Å². The fraction of sp³-hybridized carbons (Fsp3) is 0.417. The van der Waals surface area contributed by atoms with E-state index in [-0.39, 0.29) is 28.9 Å². The number of carboxylic acid groups (broad SMARTS) is 1. The van der Waals surface area contributed by atoms with Crippen molar-refractivity contribution < 1.29 is 22.7 Å². The Kier molecular flexibility index (Phi) is 4.17. The van der Waals surface area contributed by atoms with Gasteiger partial charge in [-0.3, -0.25) is 4.79 Å². The fourth-order valence-electron chi connectivity index (χ4n) is 2.19. The number of carboxylic acids is 1. The van der Waals surface area contributed by atoms with Crippen molar-refractivity contribution in [1.82, 2.24) is 4.31 Å². The van der Waals surface area contributed by atoms with E-state index >= 15 is 0 Å². The standard InChI is InChI=1S/C12H13BrFNO4S/c1-7-4-10(14)9(13)5-11(7)20(18,19)15-3-2-8(6-15)12(16)17/h4-5,8H,2-3,6H2,1H3,(H,16,17). The maximum absolute atomic E-state index is 13.4. The molecule has 0 saturated carbocycles. The van der Waals surface area contributed by atoms with E-state index in [4.69, 9.17) is 5.11 Å². The molecule has 0 aliphatic carbocycles. The van der Waals surface area contributed by atoms with E-state index in [2.05, 4.69) is 15.9 Å². The lowest BCUT2D eigenvalue weighted by Gasteiger charge is -2.18. The molecule has 1 saturated heterocycles. The Bertz CT molecular complexity index is 662. The number of benzene rings is 1. The number of aryl methyl sites for hydroxylation is 1. The van der Waals surface area contributed by atoms with E-state index in [1.807, 2.05) is 0 Å². The zero-order valence-electron chi connectivity index (χ0n) is 10.6. The van der Waals surface area contributed by atoms with Crippen molar-refractivity contribution in [1.29, 1.82) is 0 Å². The van der Waals surface area contributed by atoms with Crippen LogP contribution in [-0.2, 0) is 14.8 Å². The minimum Gasteiger partial charge on any atom is -0.481 e. The number of hydrogen-bond acceptors (Lipinski definition) is 3. The molecule has 1 atom stereocenters. The largest absolute Gasteiger partial charge is 0.481 e. The second kappa shape index (κ2) is 5.42. The summed E-state index contributed by atoms with van der Waals surface area (Å²) in [4.78, 5) is 10.9. The number of aliphatic carboxylic acids is 1. The van der Waals surface area contributed by atoms with E-state index in [0.29, 0.717) is 5.56 Å². The van der Waals surface area contributed by atoms with Crippen LogP contribution < -0.4 is 0 Å². The molecule has 1 unspecified atom stereocenters. The Morgan fingerprint density at radius 2 is 2.15 bits per heavy atom. The third-order valence-electron chi connectivity index (χ3n) is 3.34. The number of nitrogens with zero attached hydrogens (tertiary/aromatic N) is 1. The summed E-state index contributed by atoms with van der Waals surface area (Å²) in [6, 6.07) is 2.36. The van der Waals surface area contributed by atoms with Gasteiger partial charge in [-0.2, -0.15) is 4.31 Å². The third-order valence-corrected chi connectivity index (χ3v) is 5.95. The summed E-state index contributed by atoms with van der Waals surface area (Å²) in [5, 5.41) is 8.92. The molecule has 8 heteroatoms. The molecule has 20 heavy (non-hydrogen) atoms. The van der Waals surface area contributed by atoms with Crippen molar-refractivity contribution in [3.8, 4) is 0 Å². The number of carbonyl (C=O) groups is 1. The average Bonchev–Trinajstić information content (AvgIpc) is 2.83. The molecule has 1 aliphatic heterocycles. The highest BCUT2D eigenvalue weighted by atomic mass is 79.9. The van der Waals surface area contributed by atoms with Crippen LogP contribution in [0.4, 0.5) is 4.39 Å². The van der Waals surface area contributed by atoms with Gasteiger partial charge in [0.25, 0.3) is 0 Å². The lowest BCUT2D eigenvalue weighted by atomic mass is 10.1. The Balaban J connectivity index is 2.37. The molecular weight excluding hydrogens is 353 g/mol. The minimum atomic E-state index is -3.80. The second-order valence-electron chi connectivity index (χ2n) is 4.72. The molecule has 2 rings (SSSR count). The number of hydrogen-bond donors (Lipinski definition) is 1. The minimum absolute atomic E-state index is 0.00295. The van der Waals surface area contributed by atoms with E-state index in [1.54, 1.807) is 0 Å². The van der Waals surface area contributed by atoms with Crippen LogP contribution in [-0.4, -0.2) is 36.9 Å². The molecule has 1 aromatic rings. The zero-order chi connectivity index (χ0) is 15.1. The van der Waals surface area contributed by atoms with Gasteiger partial charge in [-0.25, -0.2) is 12.8 Å². The van der Waals surface area contributed by atoms with Gasteiger partial charge in [0, 0.05) is 13.1 Å². The molecule has 0 radical (unpaired) electrons. The Hall–Kier alpha value is -0.990. The first-order valence-electron chi connectivity index (χ1n) is 5.92. The summed E-state index contributed by atoms with van der Waals surface area (Å²) in [6.45, 7) is 1.62. The molecule has 1 fully saturated rings. The molecule has 1 aromatic carbocycles. The molecule has 0 bridgehead atoms. The van der Waals surface area contributed by atoms with Crippen LogP contribution in [0, 0.1) is 18.7 Å². The van der Waals surface area contributed by atoms with Crippen molar-refractivity contribution in [2.75, 3.05) is 13.1 Å². The van der Waals surface area contributed by atoms with E-state index in [9.17, 15) is 17.6 Å². The third kappa shape index (κ3) is 2.72. The highest BCUT2D eigenvalue weighted by Crippen LogP contribution is 2.29. The topological polar surface area (TPSA) is 74.7 Å². The van der Waals surface area contributed by atoms with E-state index in [0.717, 1.165) is 10.4 Å². The summed E-state index contributed by atoms with van der Waals surface area (Å²) < 4.78 is 39.5. The predicted molar refractivity (Wildman–Crippen MR) is 73.3 cm³/mol. The molecule has 1 N–H and O–H groups in total. The average molecular weight is 366 g/mol. The summed E-state index contributed by atoms with van der Waals surface area (Å²) in [5.74, 6) is -2.22. The summed E-state index contributed by atoms with van der Waals surface area (Å²) >= 11 is 2.96. The predicted octanol–water partition coefficient (Wildman–Crippen LogP) is 1.99. The quantitative estimate of drug-likeness (QED) is 0.888. The number of sulfonamides is 1. The van der Waals surface area contributed by atoms with Gasteiger partial charge in [-0.15, -0.1) is 0 Å². The molecule has 0 amide bonds. The molecule has 1 aliphatic rings. The lowest BCUT2D eigenvalue weighted by Crippen LogP contribution is -2.30. The zero-order valence-corrected chi connectivity index (χ0v) is 13.0. The molecular formula is C12H13BrFNO4S. The first kappa shape index (κ1) is 15.4. The Labute approximate surface area is 124 Å². The Morgan fingerprint density at radius 1 is 1.50 bits per heavy atom. The van der Waals surface area contributed by atoms with Crippen LogP contribution in [0.2, 0.25) is 0 Å². The molecule has 5 nitrogen and oxygen atoms in total. The summed E-state index contributed by atoms with van der Waals surface area (Å²) in [5.41, 5.74) is 0.296. The number of halogens is 2. The van der Waals surface area contributed by atoms with Gasteiger partial charge in [0.2, 0.25) is 10.0 Å². The van der Waals surface area contributed by atoms with Crippen LogP contribution in [0.25, 0.3) is 0 Å². The van der Waals surface area contributed by atoms with Crippen LogP contribution in [0.5, 0.6) is 0 Å². The first-order valence-corrected chi connectivity index (χ1v) is 8.15. The smallest absolute Gasteiger partial charge is 0.307 e. The highest BCUT2D eigenvalue weighted by molar-refractivity contribution is 9.10. The summed E-state index contributed by atoms with van der Waals surface area (Å²) in [6.07, 6.45) is 0.288. The first-order chi connectivity index (χ1) is 9.23. The van der Waals surface area contributed by atoms with Gasteiger partial charge in [0.05, 0.1) is 15.3 Å². The van der Waals surface area contributed by atoms with Crippen molar-refractivity contribution in [3.63, 3.8) is 0 Å². The van der Waals surface area contributed by atoms with Crippen molar-refractivity contribution in [2.45, 2.75) is 18.2 Å². The van der Waals surface area contributed by atoms with Crippen LogP contribution >= 0.6 is 15.9 Å². The molecule has 110 valence electrons. The van der Waals surface area contributed by atoms with Gasteiger partial charge < -0.3 is 5.11 Å². The summed E-state index contributed by atoms with van der Waals surface area (Å²) in [7, 11) is -3.80. The fourth-order valence-corrected chi connectivity index (χ4v) is 4.42. The van der Waals surface area contributed by atoms with Crippen molar-refractivity contribution >= 4 is 31.9 Å². The van der Waals surface area contributed by atoms with Gasteiger partial charge in [-0.1, -0.05) is 0 Å². The van der Waals surface area contributed by atoms with E-state index < -0.39 is 27.7 Å². The SMILES string of the molecule is Cc1cc(F)c(Br)cc1S(=O)(=O)N1CCC(C(=O)O)C1. The molecule has 1 heterocycles. The van der Waals surface area contributed by atoms with Crippen LogP contribution in [0.3, 0.4) is 0 Å². The van der Waals surface area contributed by atoms with Gasteiger partial charge in [0.1, 0.15) is 5.82 Å². The maximum atomic E-state index is 13.4. The number of rotatable bonds is 3. The molecule has 0 spiro atoms. The van der Waals surface area contributed by atoms with Crippen molar-refractivity contribution in [2.24, 2.45) is 5.92 Å². The monoisotopic (exact) mass is 365 g/mol. The van der Waals surface area contributed by atoms with Gasteiger partial charge in [0.15, 0.2) is 0 Å². The normalized spacial score (nSPS) is 20.2. The van der Waals surface area contributed by atoms with Crippen LogP contribution in [0.15, 0.2) is 21.5 Å². The lowest BCUT2D eigenvalue weighted by molar-refractivity contribution is -0.141. The van der Waals surface area contributed by atoms with Gasteiger partial charge in [-0.05, 0) is 47.0 Å². The Morgan fingerprint density at radius 3 is 2.70 bits per heavy atom. The second-order valence-corrected chi connectivity index (χ2v) is 7.48.